The molecule has 3 nitrogen and oxygen atoms in total. The second kappa shape index (κ2) is 6.17. The van der Waals surface area contributed by atoms with E-state index in [-0.39, 0.29) is 5.41 Å². The van der Waals surface area contributed by atoms with E-state index in [0.717, 1.165) is 19.6 Å². The molecule has 0 heterocycles. The van der Waals surface area contributed by atoms with Crippen LogP contribution in [0.3, 0.4) is 0 Å². The van der Waals surface area contributed by atoms with Crippen molar-refractivity contribution >= 4 is 0 Å². The Kier molecular flexibility index (Phi) is 5.42. The molecule has 0 atom stereocenters. The van der Waals surface area contributed by atoms with Crippen LogP contribution in [-0.4, -0.2) is 42.3 Å². The Hall–Kier alpha value is -0.120. The lowest BCUT2D eigenvalue weighted by Gasteiger charge is -2.37. The van der Waals surface area contributed by atoms with Crippen molar-refractivity contribution in [2.75, 3.05) is 26.7 Å². The number of nitrogens with zero attached hydrogens (tertiary/aromatic N) is 1. The van der Waals surface area contributed by atoms with Gasteiger partial charge in [0.25, 0.3) is 0 Å². The van der Waals surface area contributed by atoms with Gasteiger partial charge in [0.1, 0.15) is 0 Å². The first-order valence-electron chi connectivity index (χ1n) is 6.98. The van der Waals surface area contributed by atoms with Crippen molar-refractivity contribution in [3.8, 4) is 0 Å². The maximum absolute atomic E-state index is 9.86. The molecule has 0 aromatic carbocycles. The average Bonchev–Trinajstić information content (AvgIpc) is 2.41. The lowest BCUT2D eigenvalue weighted by molar-refractivity contribution is 0.0285. The summed E-state index contributed by atoms with van der Waals surface area (Å²) >= 11 is 0. The van der Waals surface area contributed by atoms with Gasteiger partial charge in [0.15, 0.2) is 0 Å². The van der Waals surface area contributed by atoms with Crippen LogP contribution in [0.4, 0.5) is 0 Å². The van der Waals surface area contributed by atoms with E-state index in [1.165, 1.54) is 38.5 Å². The molecule has 0 radical (unpaired) electrons. The Bertz CT molecular complexity index is 215. The fourth-order valence-electron chi connectivity index (χ4n) is 3.19. The molecule has 0 aliphatic heterocycles. The van der Waals surface area contributed by atoms with Gasteiger partial charge in [0.05, 0.1) is 5.60 Å². The maximum Gasteiger partial charge on any atom is 0.0718 e. The molecule has 3 N–H and O–H groups in total. The monoisotopic (exact) mass is 242 g/mol. The van der Waals surface area contributed by atoms with Gasteiger partial charge in [0.2, 0.25) is 0 Å². The van der Waals surface area contributed by atoms with Gasteiger partial charge in [-0.2, -0.15) is 0 Å². The number of nitrogens with two attached hydrogens (primary N) is 1. The van der Waals surface area contributed by atoms with Crippen LogP contribution in [0.25, 0.3) is 0 Å². The Labute approximate surface area is 106 Å². The summed E-state index contributed by atoms with van der Waals surface area (Å²) in [6, 6.07) is 0. The van der Waals surface area contributed by atoms with Gasteiger partial charge in [0, 0.05) is 13.1 Å². The number of rotatable bonds is 5. The summed E-state index contributed by atoms with van der Waals surface area (Å²) in [7, 11) is 2.10. The highest BCUT2D eigenvalue weighted by atomic mass is 16.3. The van der Waals surface area contributed by atoms with Crippen LogP contribution >= 0.6 is 0 Å². The molecule has 1 fully saturated rings. The molecule has 0 saturated heterocycles. The topological polar surface area (TPSA) is 49.5 Å². The molecule has 0 unspecified atom stereocenters. The normalized spacial score (nSPS) is 21.5. The number of hydrogen-bond donors (Lipinski definition) is 2. The predicted octanol–water partition coefficient (Wildman–Crippen LogP) is 1.99. The third kappa shape index (κ3) is 5.36. The highest BCUT2D eigenvalue weighted by molar-refractivity contribution is 4.86. The second-order valence-corrected chi connectivity index (χ2v) is 6.60. The maximum atomic E-state index is 9.86. The molecule has 0 amide bonds. The van der Waals surface area contributed by atoms with Gasteiger partial charge in [-0.25, -0.2) is 0 Å². The molecule has 0 aromatic heterocycles. The zero-order valence-corrected chi connectivity index (χ0v) is 11.8. The van der Waals surface area contributed by atoms with Crippen LogP contribution in [0.1, 0.15) is 52.4 Å². The fraction of sp³-hybridized carbons (Fsp3) is 1.00. The summed E-state index contributed by atoms with van der Waals surface area (Å²) in [5, 5.41) is 9.86. The van der Waals surface area contributed by atoms with E-state index < -0.39 is 5.60 Å². The van der Waals surface area contributed by atoms with E-state index in [1.54, 1.807) is 0 Å². The van der Waals surface area contributed by atoms with Crippen LogP contribution in [0.15, 0.2) is 0 Å². The molecule has 102 valence electrons. The van der Waals surface area contributed by atoms with Gasteiger partial charge in [-0.15, -0.1) is 0 Å². The summed E-state index contributed by atoms with van der Waals surface area (Å²) in [4.78, 5) is 2.25. The van der Waals surface area contributed by atoms with E-state index in [2.05, 4.69) is 11.9 Å². The van der Waals surface area contributed by atoms with Crippen molar-refractivity contribution in [1.82, 2.24) is 4.90 Å². The van der Waals surface area contributed by atoms with E-state index in [9.17, 15) is 5.11 Å². The first-order valence-corrected chi connectivity index (χ1v) is 6.98. The van der Waals surface area contributed by atoms with Crippen molar-refractivity contribution in [2.45, 2.75) is 58.0 Å². The summed E-state index contributed by atoms with van der Waals surface area (Å²) < 4.78 is 0. The SMILES string of the molecule is CN(CC(C)(C)O)CC1(CN)CCCCCC1. The van der Waals surface area contributed by atoms with Crippen molar-refractivity contribution in [3.63, 3.8) is 0 Å². The molecular weight excluding hydrogens is 212 g/mol. The molecule has 0 aromatic rings. The van der Waals surface area contributed by atoms with Crippen molar-refractivity contribution in [3.05, 3.63) is 0 Å². The van der Waals surface area contributed by atoms with E-state index >= 15 is 0 Å². The van der Waals surface area contributed by atoms with Crippen molar-refractivity contribution in [1.29, 1.82) is 0 Å². The lowest BCUT2D eigenvalue weighted by atomic mass is 9.80. The van der Waals surface area contributed by atoms with E-state index in [0.29, 0.717) is 0 Å². The quantitative estimate of drug-likeness (QED) is 0.725. The highest BCUT2D eigenvalue weighted by Gasteiger charge is 2.31. The largest absolute Gasteiger partial charge is 0.389 e. The van der Waals surface area contributed by atoms with Crippen LogP contribution in [0.5, 0.6) is 0 Å². The Morgan fingerprint density at radius 3 is 2.12 bits per heavy atom. The molecule has 1 aliphatic rings. The highest BCUT2D eigenvalue weighted by Crippen LogP contribution is 2.34. The minimum atomic E-state index is -0.616. The predicted molar refractivity (Wildman–Crippen MR) is 73.0 cm³/mol. The minimum absolute atomic E-state index is 0.288. The standard InChI is InChI=1S/C14H30N2O/c1-13(2,17)11-16(3)12-14(10-15)8-6-4-5-7-9-14/h17H,4-12,15H2,1-3H3. The van der Waals surface area contributed by atoms with Crippen LogP contribution < -0.4 is 5.73 Å². The van der Waals surface area contributed by atoms with Gasteiger partial charge < -0.3 is 15.7 Å². The van der Waals surface area contributed by atoms with Gasteiger partial charge in [-0.3, -0.25) is 0 Å². The summed E-state index contributed by atoms with van der Waals surface area (Å²) in [5.74, 6) is 0. The first kappa shape index (κ1) is 14.9. The van der Waals surface area contributed by atoms with Crippen LogP contribution in [0, 0.1) is 5.41 Å². The summed E-state index contributed by atoms with van der Waals surface area (Å²) in [6.45, 7) is 6.25. The van der Waals surface area contributed by atoms with Crippen molar-refractivity contribution in [2.24, 2.45) is 11.1 Å². The number of aliphatic hydroxyl groups is 1. The second-order valence-electron chi connectivity index (χ2n) is 6.60. The van der Waals surface area contributed by atoms with Crippen LogP contribution in [-0.2, 0) is 0 Å². The van der Waals surface area contributed by atoms with Crippen LogP contribution in [0.2, 0.25) is 0 Å². The third-order valence-electron chi connectivity index (χ3n) is 3.86. The number of likely N-dealkylation sites (N-methyl/N-ethyl adjacent to an activating group) is 1. The third-order valence-corrected chi connectivity index (χ3v) is 3.86. The fourth-order valence-corrected chi connectivity index (χ4v) is 3.19. The molecular formula is C14H30N2O. The first-order chi connectivity index (χ1) is 7.87. The number of hydrogen-bond acceptors (Lipinski definition) is 3. The zero-order chi connectivity index (χ0) is 12.9. The summed E-state index contributed by atoms with van der Waals surface area (Å²) in [6.07, 6.45) is 7.84. The molecule has 1 saturated carbocycles. The molecule has 1 aliphatic carbocycles. The molecule has 17 heavy (non-hydrogen) atoms. The van der Waals surface area contributed by atoms with E-state index in [1.807, 2.05) is 13.8 Å². The molecule has 1 rings (SSSR count). The molecule has 3 heteroatoms. The molecule has 0 spiro atoms. The Balaban J connectivity index is 2.54. The smallest absolute Gasteiger partial charge is 0.0718 e. The average molecular weight is 242 g/mol. The lowest BCUT2D eigenvalue weighted by Crippen LogP contribution is -2.45. The van der Waals surface area contributed by atoms with Gasteiger partial charge in [-0.1, -0.05) is 25.7 Å². The summed E-state index contributed by atoms with van der Waals surface area (Å²) in [5.41, 5.74) is 5.70. The van der Waals surface area contributed by atoms with Gasteiger partial charge >= 0.3 is 0 Å². The van der Waals surface area contributed by atoms with E-state index in [4.69, 9.17) is 5.73 Å². The Morgan fingerprint density at radius 2 is 1.71 bits per heavy atom. The zero-order valence-electron chi connectivity index (χ0n) is 11.8. The van der Waals surface area contributed by atoms with Gasteiger partial charge in [-0.05, 0) is 45.7 Å². The molecule has 0 bridgehead atoms. The Morgan fingerprint density at radius 1 is 1.18 bits per heavy atom. The minimum Gasteiger partial charge on any atom is -0.389 e. The van der Waals surface area contributed by atoms with Crippen molar-refractivity contribution < 1.29 is 5.11 Å².